The van der Waals surface area contributed by atoms with Gasteiger partial charge < -0.3 is 5.11 Å². The van der Waals surface area contributed by atoms with Gasteiger partial charge in [-0.25, -0.2) is 9.67 Å². The van der Waals surface area contributed by atoms with Gasteiger partial charge in [-0.15, -0.1) is 10.2 Å². The van der Waals surface area contributed by atoms with Crippen LogP contribution in [0.4, 0.5) is 0 Å². The van der Waals surface area contributed by atoms with E-state index >= 15 is 0 Å². The molecular formula is C24H27N7O2. The van der Waals surface area contributed by atoms with Crippen molar-refractivity contribution in [1.29, 1.82) is 0 Å². The van der Waals surface area contributed by atoms with Crippen LogP contribution < -0.4 is 0 Å². The van der Waals surface area contributed by atoms with Crippen molar-refractivity contribution in [3.05, 3.63) is 65.7 Å². The van der Waals surface area contributed by atoms with E-state index in [4.69, 9.17) is 0 Å². The van der Waals surface area contributed by atoms with Crippen LogP contribution in [-0.2, 0) is 17.8 Å². The number of carbonyl (C=O) groups is 1. The molecule has 0 fully saturated rings. The summed E-state index contributed by atoms with van der Waals surface area (Å²) in [4.78, 5) is 16.0. The maximum Gasteiger partial charge on any atom is 0.314 e. The molecule has 4 rings (SSSR count). The SMILES string of the molecule is CCCCCc1nc(C(C)C(=O)O)nn1Cc1ccc(-c2ccccc2-c2nn[nH]n2)cc1. The molecule has 2 heterocycles. The van der Waals surface area contributed by atoms with E-state index < -0.39 is 11.9 Å². The number of aliphatic carboxylic acids is 1. The first-order valence-corrected chi connectivity index (χ1v) is 11.2. The number of aryl methyl sites for hydroxylation is 1. The lowest BCUT2D eigenvalue weighted by Gasteiger charge is -2.09. The van der Waals surface area contributed by atoms with Crippen molar-refractivity contribution in [3.8, 4) is 22.5 Å². The number of unbranched alkanes of at least 4 members (excludes halogenated alkanes) is 2. The fourth-order valence-electron chi connectivity index (χ4n) is 3.70. The monoisotopic (exact) mass is 445 g/mol. The molecule has 0 spiro atoms. The number of H-pyrrole nitrogens is 1. The van der Waals surface area contributed by atoms with Gasteiger partial charge in [-0.2, -0.15) is 10.3 Å². The van der Waals surface area contributed by atoms with Gasteiger partial charge >= 0.3 is 5.97 Å². The lowest BCUT2D eigenvalue weighted by Crippen LogP contribution is -2.10. The summed E-state index contributed by atoms with van der Waals surface area (Å²) in [6.07, 6.45) is 4.00. The molecule has 1 atom stereocenters. The molecule has 0 aliphatic carbocycles. The van der Waals surface area contributed by atoms with Crippen LogP contribution >= 0.6 is 0 Å². The molecule has 0 saturated carbocycles. The third kappa shape index (κ3) is 5.14. The lowest BCUT2D eigenvalue weighted by molar-refractivity contribution is -0.138. The van der Waals surface area contributed by atoms with Crippen LogP contribution in [0.5, 0.6) is 0 Å². The summed E-state index contributed by atoms with van der Waals surface area (Å²) < 4.78 is 1.84. The highest BCUT2D eigenvalue weighted by molar-refractivity contribution is 5.80. The largest absolute Gasteiger partial charge is 0.481 e. The fraction of sp³-hybridized carbons (Fsp3) is 0.333. The predicted octanol–water partition coefficient (Wildman–Crippen LogP) is 4.09. The topological polar surface area (TPSA) is 122 Å². The number of aromatic amines is 1. The highest BCUT2D eigenvalue weighted by Crippen LogP contribution is 2.29. The summed E-state index contributed by atoms with van der Waals surface area (Å²) in [6.45, 7) is 4.31. The first kappa shape index (κ1) is 22.3. The number of benzene rings is 2. The second kappa shape index (κ2) is 10.2. The Kier molecular flexibility index (Phi) is 6.87. The van der Waals surface area contributed by atoms with Crippen LogP contribution in [0.2, 0.25) is 0 Å². The summed E-state index contributed by atoms with van der Waals surface area (Å²) in [5.41, 5.74) is 4.03. The van der Waals surface area contributed by atoms with Crippen LogP contribution in [-0.4, -0.2) is 46.5 Å². The average Bonchev–Trinajstić information content (AvgIpc) is 3.50. The van der Waals surface area contributed by atoms with Crippen molar-refractivity contribution >= 4 is 5.97 Å². The number of tetrazole rings is 1. The van der Waals surface area contributed by atoms with Crippen molar-refractivity contribution in [1.82, 2.24) is 35.4 Å². The van der Waals surface area contributed by atoms with Crippen LogP contribution in [0.1, 0.15) is 56.2 Å². The van der Waals surface area contributed by atoms with Crippen LogP contribution in [0.25, 0.3) is 22.5 Å². The Hall–Kier alpha value is -3.88. The Morgan fingerprint density at radius 3 is 2.52 bits per heavy atom. The van der Waals surface area contributed by atoms with E-state index in [0.29, 0.717) is 18.2 Å². The van der Waals surface area contributed by atoms with Crippen molar-refractivity contribution < 1.29 is 9.90 Å². The molecule has 4 aromatic rings. The summed E-state index contributed by atoms with van der Waals surface area (Å²) in [6, 6.07) is 16.2. The van der Waals surface area contributed by atoms with Gasteiger partial charge in [-0.3, -0.25) is 4.79 Å². The van der Waals surface area contributed by atoms with Gasteiger partial charge in [0.25, 0.3) is 0 Å². The molecule has 2 aromatic carbocycles. The first-order chi connectivity index (χ1) is 16.1. The molecule has 0 radical (unpaired) electrons. The fourth-order valence-corrected chi connectivity index (χ4v) is 3.70. The van der Waals surface area contributed by atoms with E-state index in [9.17, 15) is 9.90 Å². The van der Waals surface area contributed by atoms with Crippen LogP contribution in [0.3, 0.4) is 0 Å². The molecular weight excluding hydrogens is 418 g/mol. The predicted molar refractivity (Wildman–Crippen MR) is 123 cm³/mol. The highest BCUT2D eigenvalue weighted by atomic mass is 16.4. The molecule has 9 heteroatoms. The maximum absolute atomic E-state index is 11.4. The third-order valence-electron chi connectivity index (χ3n) is 5.64. The third-order valence-corrected chi connectivity index (χ3v) is 5.64. The number of nitrogens with zero attached hydrogens (tertiary/aromatic N) is 6. The summed E-state index contributed by atoms with van der Waals surface area (Å²) in [7, 11) is 0. The van der Waals surface area contributed by atoms with E-state index in [1.54, 1.807) is 6.92 Å². The van der Waals surface area contributed by atoms with Crippen molar-refractivity contribution in [2.45, 2.75) is 52.0 Å². The number of aromatic nitrogens is 7. The van der Waals surface area contributed by atoms with Gasteiger partial charge in [0.15, 0.2) is 5.82 Å². The van der Waals surface area contributed by atoms with E-state index in [1.165, 1.54) is 0 Å². The number of nitrogens with one attached hydrogen (secondary N) is 1. The minimum absolute atomic E-state index is 0.361. The number of carboxylic acids is 1. The van der Waals surface area contributed by atoms with E-state index in [1.807, 2.05) is 28.9 Å². The van der Waals surface area contributed by atoms with Gasteiger partial charge in [0.2, 0.25) is 5.82 Å². The smallest absolute Gasteiger partial charge is 0.314 e. The number of rotatable bonds is 10. The molecule has 1 unspecified atom stereocenters. The van der Waals surface area contributed by atoms with E-state index in [-0.39, 0.29) is 0 Å². The molecule has 9 nitrogen and oxygen atoms in total. The zero-order chi connectivity index (χ0) is 23.2. The van der Waals surface area contributed by atoms with Crippen molar-refractivity contribution in [2.75, 3.05) is 0 Å². The van der Waals surface area contributed by atoms with Crippen molar-refractivity contribution in [2.24, 2.45) is 0 Å². The van der Waals surface area contributed by atoms with Crippen molar-refractivity contribution in [3.63, 3.8) is 0 Å². The second-order valence-electron chi connectivity index (χ2n) is 8.04. The Balaban J connectivity index is 1.58. The number of carboxylic acid groups (broad SMARTS) is 1. The minimum atomic E-state index is -0.920. The lowest BCUT2D eigenvalue weighted by atomic mass is 9.98. The quantitative estimate of drug-likeness (QED) is 0.352. The molecule has 170 valence electrons. The molecule has 0 aliphatic heterocycles. The van der Waals surface area contributed by atoms with Gasteiger partial charge in [-0.1, -0.05) is 68.3 Å². The number of hydrogen-bond acceptors (Lipinski definition) is 6. The number of hydrogen-bond donors (Lipinski definition) is 2. The Morgan fingerprint density at radius 1 is 1.09 bits per heavy atom. The normalized spacial score (nSPS) is 12.1. The molecule has 0 aliphatic rings. The van der Waals surface area contributed by atoms with Gasteiger partial charge in [0.1, 0.15) is 11.7 Å². The van der Waals surface area contributed by atoms with Gasteiger partial charge in [0.05, 0.1) is 6.54 Å². The van der Waals surface area contributed by atoms with Crippen LogP contribution in [0.15, 0.2) is 48.5 Å². The Bertz CT molecular complexity index is 1200. The second-order valence-corrected chi connectivity index (χ2v) is 8.04. The first-order valence-electron chi connectivity index (χ1n) is 11.2. The summed E-state index contributed by atoms with van der Waals surface area (Å²) in [5, 5.41) is 28.3. The average molecular weight is 446 g/mol. The van der Waals surface area contributed by atoms with E-state index in [2.05, 4.69) is 61.9 Å². The standard InChI is InChI=1S/C24H27N7O2/c1-3-4-5-10-21-25-22(16(2)24(32)33)28-31(21)15-17-11-13-18(14-12-17)19-8-6-7-9-20(19)23-26-29-30-27-23/h6-9,11-14,16H,3-5,10,15H2,1-2H3,(H,32,33)(H,26,27,29,30). The molecule has 0 bridgehead atoms. The summed E-state index contributed by atoms with van der Waals surface area (Å²) in [5.74, 6) is 0.0869. The highest BCUT2D eigenvalue weighted by Gasteiger charge is 2.21. The zero-order valence-corrected chi connectivity index (χ0v) is 18.8. The summed E-state index contributed by atoms with van der Waals surface area (Å²) >= 11 is 0. The molecule has 2 N–H and O–H groups in total. The molecule has 33 heavy (non-hydrogen) atoms. The van der Waals surface area contributed by atoms with Crippen LogP contribution in [0, 0.1) is 0 Å². The molecule has 0 amide bonds. The Labute approximate surface area is 191 Å². The van der Waals surface area contributed by atoms with Gasteiger partial charge in [0, 0.05) is 12.0 Å². The van der Waals surface area contributed by atoms with Gasteiger partial charge in [-0.05, 0) is 35.2 Å². The molecule has 0 saturated heterocycles. The maximum atomic E-state index is 11.4. The minimum Gasteiger partial charge on any atom is -0.481 e. The zero-order valence-electron chi connectivity index (χ0n) is 18.8. The van der Waals surface area contributed by atoms with E-state index in [0.717, 1.165) is 53.8 Å². The molecule has 2 aromatic heterocycles. The Morgan fingerprint density at radius 2 is 1.85 bits per heavy atom.